The Kier molecular flexibility index (Phi) is 2.65. The monoisotopic (exact) mass is 177 g/mol. The van der Waals surface area contributed by atoms with E-state index in [1.807, 2.05) is 12.3 Å². The van der Waals surface area contributed by atoms with Crippen LogP contribution in [-0.4, -0.2) is 16.0 Å². The lowest BCUT2D eigenvalue weighted by molar-refractivity contribution is 0.202. The first-order chi connectivity index (χ1) is 4.74. The Morgan fingerprint density at radius 3 is 3.00 bits per heavy atom. The normalized spacial score (nSPS) is 13.5. The molecule has 0 aliphatic rings. The maximum absolute atomic E-state index is 9.16. The number of halogens is 1. The summed E-state index contributed by atoms with van der Waals surface area (Å²) in [4.78, 5) is 4.07. The Bertz CT molecular complexity index is 213. The van der Waals surface area contributed by atoms with Gasteiger partial charge in [-0.15, -0.1) is 22.9 Å². The van der Waals surface area contributed by atoms with E-state index in [4.69, 9.17) is 16.7 Å². The van der Waals surface area contributed by atoms with E-state index in [1.165, 1.54) is 11.3 Å². The van der Waals surface area contributed by atoms with Crippen LogP contribution in [0.1, 0.15) is 16.8 Å². The average Bonchev–Trinajstić information content (AvgIpc) is 2.34. The van der Waals surface area contributed by atoms with E-state index in [-0.39, 0.29) is 5.88 Å². The molecule has 1 heterocycles. The predicted octanol–water partition coefficient (Wildman–Crippen LogP) is 1.72. The molecule has 1 N–H and O–H groups in total. The smallest absolute Gasteiger partial charge is 0.123 e. The summed E-state index contributed by atoms with van der Waals surface area (Å²) in [5.41, 5.74) is 0.934. The summed E-state index contributed by atoms with van der Waals surface area (Å²) < 4.78 is 0. The van der Waals surface area contributed by atoms with E-state index in [9.17, 15) is 0 Å². The molecular formula is C6H8ClNOS. The number of aromatic nitrogens is 1. The van der Waals surface area contributed by atoms with Crippen molar-refractivity contribution in [2.24, 2.45) is 0 Å². The minimum atomic E-state index is -0.597. The highest BCUT2D eigenvalue weighted by Crippen LogP contribution is 2.18. The van der Waals surface area contributed by atoms with Gasteiger partial charge in [0.1, 0.15) is 11.1 Å². The number of aliphatic hydroxyl groups excluding tert-OH is 1. The van der Waals surface area contributed by atoms with Gasteiger partial charge < -0.3 is 5.11 Å². The molecule has 0 spiro atoms. The van der Waals surface area contributed by atoms with Crippen LogP contribution < -0.4 is 0 Å². The van der Waals surface area contributed by atoms with Crippen LogP contribution >= 0.6 is 22.9 Å². The third kappa shape index (κ3) is 1.68. The second kappa shape index (κ2) is 3.32. The van der Waals surface area contributed by atoms with Crippen molar-refractivity contribution in [3.05, 3.63) is 16.1 Å². The molecule has 0 bridgehead atoms. The summed E-state index contributed by atoms with van der Waals surface area (Å²) in [7, 11) is 0. The lowest BCUT2D eigenvalue weighted by Crippen LogP contribution is -1.97. The molecule has 1 rings (SSSR count). The molecular weight excluding hydrogens is 170 g/mol. The minimum absolute atomic E-state index is 0.215. The zero-order valence-corrected chi connectivity index (χ0v) is 7.11. The Hall–Kier alpha value is -0.120. The number of aliphatic hydroxyl groups is 1. The first kappa shape index (κ1) is 7.98. The van der Waals surface area contributed by atoms with Crippen LogP contribution in [0.15, 0.2) is 5.38 Å². The molecule has 0 radical (unpaired) electrons. The van der Waals surface area contributed by atoms with Crippen LogP contribution in [0.3, 0.4) is 0 Å². The van der Waals surface area contributed by atoms with E-state index < -0.39 is 6.10 Å². The number of rotatable bonds is 2. The highest BCUT2D eigenvalue weighted by molar-refractivity contribution is 7.09. The fraction of sp³-hybridized carbons (Fsp3) is 0.500. The maximum atomic E-state index is 9.16. The molecule has 4 heteroatoms. The van der Waals surface area contributed by atoms with E-state index in [1.54, 1.807) is 0 Å². The van der Waals surface area contributed by atoms with Gasteiger partial charge in [0.05, 0.1) is 5.88 Å². The van der Waals surface area contributed by atoms with Gasteiger partial charge in [-0.25, -0.2) is 4.98 Å². The summed E-state index contributed by atoms with van der Waals surface area (Å²) >= 11 is 6.85. The summed E-state index contributed by atoms with van der Waals surface area (Å²) in [5.74, 6) is 0.215. The van der Waals surface area contributed by atoms with Crippen LogP contribution in [0, 0.1) is 6.92 Å². The summed E-state index contributed by atoms with van der Waals surface area (Å²) in [6.45, 7) is 1.89. The number of alkyl halides is 1. The van der Waals surface area contributed by atoms with Gasteiger partial charge in [-0.2, -0.15) is 0 Å². The highest BCUT2D eigenvalue weighted by Gasteiger charge is 2.08. The van der Waals surface area contributed by atoms with Crippen molar-refractivity contribution < 1.29 is 5.11 Å². The van der Waals surface area contributed by atoms with Crippen molar-refractivity contribution >= 4 is 22.9 Å². The molecule has 0 aliphatic heterocycles. The van der Waals surface area contributed by atoms with Crippen LogP contribution in [0.25, 0.3) is 0 Å². The largest absolute Gasteiger partial charge is 0.385 e. The predicted molar refractivity (Wildman–Crippen MR) is 42.5 cm³/mol. The first-order valence-corrected chi connectivity index (χ1v) is 4.31. The zero-order valence-electron chi connectivity index (χ0n) is 5.54. The molecule has 1 atom stereocenters. The number of thiazole rings is 1. The van der Waals surface area contributed by atoms with Crippen LogP contribution in [-0.2, 0) is 0 Å². The third-order valence-electron chi connectivity index (χ3n) is 1.07. The summed E-state index contributed by atoms with van der Waals surface area (Å²) in [5, 5.41) is 11.8. The van der Waals surface area contributed by atoms with Gasteiger partial charge >= 0.3 is 0 Å². The molecule has 0 aromatic carbocycles. The van der Waals surface area contributed by atoms with Crippen LogP contribution in [0.4, 0.5) is 0 Å². The van der Waals surface area contributed by atoms with Gasteiger partial charge in [0.15, 0.2) is 0 Å². The summed E-state index contributed by atoms with van der Waals surface area (Å²) in [6, 6.07) is 0. The van der Waals surface area contributed by atoms with Gasteiger partial charge in [0.25, 0.3) is 0 Å². The Morgan fingerprint density at radius 1 is 1.90 bits per heavy atom. The van der Waals surface area contributed by atoms with Crippen molar-refractivity contribution in [3.63, 3.8) is 0 Å². The molecule has 0 saturated heterocycles. The molecule has 0 amide bonds. The van der Waals surface area contributed by atoms with Crippen LogP contribution in [0.2, 0.25) is 0 Å². The van der Waals surface area contributed by atoms with Crippen molar-refractivity contribution in [1.29, 1.82) is 0 Å². The van der Waals surface area contributed by atoms with Gasteiger partial charge in [0, 0.05) is 11.1 Å². The zero-order chi connectivity index (χ0) is 7.56. The molecule has 10 heavy (non-hydrogen) atoms. The van der Waals surface area contributed by atoms with Crippen LogP contribution in [0.5, 0.6) is 0 Å². The second-order valence-corrected chi connectivity index (χ2v) is 3.20. The number of hydrogen-bond donors (Lipinski definition) is 1. The van der Waals surface area contributed by atoms with Gasteiger partial charge in [-0.1, -0.05) is 0 Å². The SMILES string of the molecule is Cc1csc(C(O)CCl)n1. The maximum Gasteiger partial charge on any atom is 0.123 e. The molecule has 2 nitrogen and oxygen atoms in total. The Labute approximate surface area is 68.5 Å². The quantitative estimate of drug-likeness (QED) is 0.698. The van der Waals surface area contributed by atoms with E-state index in [0.717, 1.165) is 5.69 Å². The van der Waals surface area contributed by atoms with E-state index in [0.29, 0.717) is 5.01 Å². The van der Waals surface area contributed by atoms with Crippen molar-refractivity contribution in [1.82, 2.24) is 4.98 Å². The second-order valence-electron chi connectivity index (χ2n) is 2.00. The molecule has 1 aromatic heterocycles. The topological polar surface area (TPSA) is 33.1 Å². The average molecular weight is 178 g/mol. The van der Waals surface area contributed by atoms with Crippen molar-refractivity contribution in [3.8, 4) is 0 Å². The van der Waals surface area contributed by atoms with Crippen molar-refractivity contribution in [2.75, 3.05) is 5.88 Å². The molecule has 0 fully saturated rings. The summed E-state index contributed by atoms with van der Waals surface area (Å²) in [6.07, 6.45) is -0.597. The van der Waals surface area contributed by atoms with Gasteiger partial charge in [0.2, 0.25) is 0 Å². The minimum Gasteiger partial charge on any atom is -0.385 e. The number of aryl methyl sites for hydroxylation is 1. The fourth-order valence-corrected chi connectivity index (χ4v) is 1.61. The standard InChI is InChI=1S/C6H8ClNOS/c1-4-3-10-6(8-4)5(9)2-7/h3,5,9H,2H2,1H3. The number of nitrogens with zero attached hydrogens (tertiary/aromatic N) is 1. The molecule has 0 aliphatic carbocycles. The fourth-order valence-electron chi connectivity index (χ4n) is 0.591. The molecule has 1 unspecified atom stereocenters. The van der Waals surface area contributed by atoms with Crippen molar-refractivity contribution in [2.45, 2.75) is 13.0 Å². The van der Waals surface area contributed by atoms with E-state index >= 15 is 0 Å². The Morgan fingerprint density at radius 2 is 2.60 bits per heavy atom. The van der Waals surface area contributed by atoms with Gasteiger partial charge in [-0.3, -0.25) is 0 Å². The highest BCUT2D eigenvalue weighted by atomic mass is 35.5. The Balaban J connectivity index is 2.74. The first-order valence-electron chi connectivity index (χ1n) is 2.90. The molecule has 0 saturated carbocycles. The lowest BCUT2D eigenvalue weighted by atomic mass is 10.4. The third-order valence-corrected chi connectivity index (χ3v) is 2.42. The molecule has 1 aromatic rings. The number of hydrogen-bond acceptors (Lipinski definition) is 3. The van der Waals surface area contributed by atoms with Gasteiger partial charge in [-0.05, 0) is 6.92 Å². The van der Waals surface area contributed by atoms with E-state index in [2.05, 4.69) is 4.98 Å². The lowest BCUT2D eigenvalue weighted by Gasteiger charge is -1.98. The molecule has 56 valence electrons.